The lowest BCUT2D eigenvalue weighted by Gasteiger charge is -2.25. The first-order valence-electron chi connectivity index (χ1n) is 10.5. The van der Waals surface area contributed by atoms with Crippen molar-refractivity contribution in [3.05, 3.63) is 60.0 Å². The number of nitrogens with zero attached hydrogens (tertiary/aromatic N) is 3. The molecule has 8 heteroatoms. The van der Waals surface area contributed by atoms with Crippen LogP contribution in [0, 0.1) is 0 Å². The molecule has 0 aliphatic carbocycles. The van der Waals surface area contributed by atoms with Gasteiger partial charge in [-0.05, 0) is 32.3 Å². The van der Waals surface area contributed by atoms with Crippen LogP contribution in [-0.4, -0.2) is 65.2 Å². The van der Waals surface area contributed by atoms with Crippen LogP contribution < -0.4 is 10.1 Å². The fraction of sp³-hybridized carbons (Fsp3) is 0.292. The van der Waals surface area contributed by atoms with Gasteiger partial charge in [-0.25, -0.2) is 0 Å². The molecule has 0 radical (unpaired) electrons. The molecule has 166 valence electrons. The normalized spacial score (nSPS) is 13.2. The van der Waals surface area contributed by atoms with E-state index in [4.69, 9.17) is 4.74 Å². The van der Waals surface area contributed by atoms with E-state index in [0.29, 0.717) is 35.8 Å². The molecule has 4 rings (SSSR count). The number of ether oxygens (including phenoxy) is 1. The van der Waals surface area contributed by atoms with Crippen molar-refractivity contribution in [2.75, 3.05) is 39.1 Å². The topological polar surface area (TPSA) is 90.6 Å². The number of anilines is 2. The molecule has 1 aliphatic rings. The van der Waals surface area contributed by atoms with Crippen molar-refractivity contribution in [2.24, 2.45) is 0 Å². The first-order chi connectivity index (χ1) is 15.4. The van der Waals surface area contributed by atoms with E-state index in [1.807, 2.05) is 55.4 Å². The fourth-order valence-corrected chi connectivity index (χ4v) is 3.73. The van der Waals surface area contributed by atoms with Crippen LogP contribution in [0.4, 0.5) is 11.4 Å². The van der Waals surface area contributed by atoms with Gasteiger partial charge in [0.25, 0.3) is 0 Å². The average molecular weight is 434 g/mol. The van der Waals surface area contributed by atoms with Gasteiger partial charge >= 0.3 is 0 Å². The van der Waals surface area contributed by atoms with Gasteiger partial charge in [0.15, 0.2) is 5.78 Å². The first kappa shape index (κ1) is 21.6. The number of carbonyl (C=O) groups is 2. The minimum absolute atomic E-state index is 0.0611. The number of nitrogens with one attached hydrogen (secondary N) is 2. The molecule has 0 spiro atoms. The van der Waals surface area contributed by atoms with Gasteiger partial charge in [-0.1, -0.05) is 18.2 Å². The first-order valence-corrected chi connectivity index (χ1v) is 10.5. The molecule has 2 aromatic heterocycles. The number of fused-ring (bicyclic) bond motifs is 1. The number of hydrogen-bond acceptors (Lipinski definition) is 6. The van der Waals surface area contributed by atoms with E-state index in [1.165, 1.54) is 11.8 Å². The lowest BCUT2D eigenvalue weighted by molar-refractivity contribution is -0.129. The van der Waals surface area contributed by atoms with E-state index in [-0.39, 0.29) is 18.2 Å². The summed E-state index contributed by atoms with van der Waals surface area (Å²) in [7, 11) is 3.97. The van der Waals surface area contributed by atoms with Crippen LogP contribution in [0.5, 0.6) is 5.75 Å². The molecule has 8 nitrogen and oxygen atoms in total. The van der Waals surface area contributed by atoms with Crippen LogP contribution >= 0.6 is 0 Å². The minimum Gasteiger partial charge on any atom is -0.490 e. The summed E-state index contributed by atoms with van der Waals surface area (Å²) in [6, 6.07) is 11.6. The third-order valence-electron chi connectivity index (χ3n) is 5.38. The predicted molar refractivity (Wildman–Crippen MR) is 123 cm³/mol. The number of rotatable bonds is 7. The highest BCUT2D eigenvalue weighted by molar-refractivity contribution is 6.09. The molecule has 32 heavy (non-hydrogen) atoms. The molecule has 3 heterocycles. The Morgan fingerprint density at radius 1 is 1.22 bits per heavy atom. The maximum atomic E-state index is 13.1. The monoisotopic (exact) mass is 433 g/mol. The predicted octanol–water partition coefficient (Wildman–Crippen LogP) is 3.31. The number of pyridine rings is 1. The molecule has 3 aromatic rings. The van der Waals surface area contributed by atoms with Crippen LogP contribution in [0.15, 0.2) is 48.8 Å². The molecule has 1 amide bonds. The number of aromatic nitrogens is 2. The summed E-state index contributed by atoms with van der Waals surface area (Å²) in [5.74, 6) is 0.390. The molecule has 1 aliphatic heterocycles. The summed E-state index contributed by atoms with van der Waals surface area (Å²) in [4.78, 5) is 36.2. The molecule has 0 fully saturated rings. The Morgan fingerprint density at radius 3 is 2.72 bits per heavy atom. The standard InChI is InChI=1S/C24H27N5O3/c1-16(30)29-14-19-22(20(31)15-29)24(26-17-7-5-4-6-8-17)23(27-19)18-9-10-25-13-21(18)32-12-11-28(2)3/h4-10,13,26-27H,11-12,14-15H2,1-3H3. The van der Waals surface area contributed by atoms with Crippen molar-refractivity contribution in [3.8, 4) is 17.0 Å². The average Bonchev–Trinajstić information content (AvgIpc) is 3.13. The molecule has 2 N–H and O–H groups in total. The molecule has 0 saturated carbocycles. The van der Waals surface area contributed by atoms with Crippen molar-refractivity contribution < 1.29 is 14.3 Å². The zero-order valence-electron chi connectivity index (χ0n) is 18.5. The quantitative estimate of drug-likeness (QED) is 0.594. The third-order valence-corrected chi connectivity index (χ3v) is 5.38. The number of H-pyrrole nitrogens is 1. The second-order valence-electron chi connectivity index (χ2n) is 8.04. The van der Waals surface area contributed by atoms with Gasteiger partial charge in [-0.3, -0.25) is 14.6 Å². The van der Waals surface area contributed by atoms with E-state index < -0.39 is 0 Å². The van der Waals surface area contributed by atoms with Crippen LogP contribution in [0.25, 0.3) is 11.3 Å². The van der Waals surface area contributed by atoms with E-state index in [9.17, 15) is 9.59 Å². The zero-order chi connectivity index (χ0) is 22.7. The van der Waals surface area contributed by atoms with E-state index in [1.54, 1.807) is 12.4 Å². The van der Waals surface area contributed by atoms with Crippen LogP contribution in [0.1, 0.15) is 23.0 Å². The smallest absolute Gasteiger partial charge is 0.220 e. The number of Topliss-reactive ketones (excluding diaryl/α,β-unsaturated/α-hetero) is 1. The van der Waals surface area contributed by atoms with Crippen LogP contribution in [0.3, 0.4) is 0 Å². The maximum Gasteiger partial charge on any atom is 0.220 e. The van der Waals surface area contributed by atoms with Gasteiger partial charge in [0.05, 0.1) is 36.2 Å². The fourth-order valence-electron chi connectivity index (χ4n) is 3.73. The number of aromatic amines is 1. The number of likely N-dealkylation sites (N-methyl/N-ethyl adjacent to an activating group) is 1. The van der Waals surface area contributed by atoms with Crippen molar-refractivity contribution in [2.45, 2.75) is 13.5 Å². The summed E-state index contributed by atoms with van der Waals surface area (Å²) in [5, 5.41) is 3.42. The number of ketones is 1. The SMILES string of the molecule is CC(=O)N1CC(=O)c2c([nH]c(-c3ccncc3OCCN(C)C)c2Nc2ccccc2)C1. The molecule has 0 atom stereocenters. The molecular weight excluding hydrogens is 406 g/mol. The lowest BCUT2D eigenvalue weighted by atomic mass is 10.0. The second kappa shape index (κ2) is 9.23. The summed E-state index contributed by atoms with van der Waals surface area (Å²) in [5.41, 5.74) is 4.37. The van der Waals surface area contributed by atoms with Crippen LogP contribution in [-0.2, 0) is 11.3 Å². The van der Waals surface area contributed by atoms with E-state index in [2.05, 4.69) is 15.3 Å². The summed E-state index contributed by atoms with van der Waals surface area (Å²) in [6.45, 7) is 3.15. The van der Waals surface area contributed by atoms with Gasteiger partial charge in [-0.2, -0.15) is 0 Å². The highest BCUT2D eigenvalue weighted by atomic mass is 16.5. The van der Waals surface area contributed by atoms with Crippen molar-refractivity contribution in [3.63, 3.8) is 0 Å². The van der Waals surface area contributed by atoms with Crippen molar-refractivity contribution in [1.82, 2.24) is 19.8 Å². The largest absolute Gasteiger partial charge is 0.490 e. The number of hydrogen-bond donors (Lipinski definition) is 2. The highest BCUT2D eigenvalue weighted by Crippen LogP contribution is 2.41. The third kappa shape index (κ3) is 4.50. The summed E-state index contributed by atoms with van der Waals surface area (Å²) >= 11 is 0. The number of para-hydroxylation sites is 1. The second-order valence-corrected chi connectivity index (χ2v) is 8.04. The zero-order valence-corrected chi connectivity index (χ0v) is 18.5. The van der Waals surface area contributed by atoms with Gasteiger partial charge < -0.3 is 24.8 Å². The summed E-state index contributed by atoms with van der Waals surface area (Å²) in [6.07, 6.45) is 3.38. The van der Waals surface area contributed by atoms with Crippen molar-refractivity contribution >= 4 is 23.1 Å². The number of benzene rings is 1. The molecular formula is C24H27N5O3. The number of amides is 1. The maximum absolute atomic E-state index is 13.1. The molecule has 0 saturated heterocycles. The van der Waals surface area contributed by atoms with Gasteiger partial charge in [0, 0.05) is 36.6 Å². The van der Waals surface area contributed by atoms with Gasteiger partial charge in [0.1, 0.15) is 12.4 Å². The van der Waals surface area contributed by atoms with Crippen LogP contribution in [0.2, 0.25) is 0 Å². The highest BCUT2D eigenvalue weighted by Gasteiger charge is 2.32. The molecule has 1 aromatic carbocycles. The Kier molecular flexibility index (Phi) is 6.23. The summed E-state index contributed by atoms with van der Waals surface area (Å²) < 4.78 is 6.02. The molecule has 0 bridgehead atoms. The van der Waals surface area contributed by atoms with Gasteiger partial charge in [-0.15, -0.1) is 0 Å². The minimum atomic E-state index is -0.130. The Labute approximate surface area is 187 Å². The molecule has 0 unspecified atom stereocenters. The Morgan fingerprint density at radius 2 is 2.00 bits per heavy atom. The Hall–Kier alpha value is -3.65. The Bertz CT molecular complexity index is 1120. The van der Waals surface area contributed by atoms with E-state index >= 15 is 0 Å². The van der Waals surface area contributed by atoms with Gasteiger partial charge in [0.2, 0.25) is 5.91 Å². The Balaban J connectivity index is 1.80. The lowest BCUT2D eigenvalue weighted by Crippen LogP contribution is -2.38. The van der Waals surface area contributed by atoms with E-state index in [0.717, 1.165) is 23.5 Å². The number of carbonyl (C=O) groups excluding carboxylic acids is 2. The van der Waals surface area contributed by atoms with Crippen molar-refractivity contribution in [1.29, 1.82) is 0 Å².